The molecule has 4 nitrogen and oxygen atoms in total. The topological polar surface area (TPSA) is 49.4 Å². The summed E-state index contributed by atoms with van der Waals surface area (Å²) < 4.78 is 37.3. The number of halogens is 3. The van der Waals surface area contributed by atoms with E-state index < -0.39 is 17.8 Å². The molecule has 8 heteroatoms. The molecule has 1 fully saturated rings. The number of rotatable bonds is 6. The fourth-order valence-electron chi connectivity index (χ4n) is 2.66. The molecule has 1 atom stereocenters. The summed E-state index contributed by atoms with van der Waals surface area (Å²) in [6, 6.07) is 6.38. The van der Waals surface area contributed by atoms with Gasteiger partial charge in [0, 0.05) is 24.4 Å². The lowest BCUT2D eigenvalue weighted by Gasteiger charge is -2.19. The number of nitrogens with one attached hydrogen (secondary N) is 1. The molecule has 0 aliphatic carbocycles. The lowest BCUT2D eigenvalue weighted by atomic mass is 10.1. The van der Waals surface area contributed by atoms with Crippen molar-refractivity contribution in [2.75, 3.05) is 24.2 Å². The van der Waals surface area contributed by atoms with Crippen molar-refractivity contribution in [2.45, 2.75) is 31.3 Å². The van der Waals surface area contributed by atoms with Gasteiger partial charge in [-0.3, -0.25) is 9.59 Å². The highest BCUT2D eigenvalue weighted by atomic mass is 32.2. The SMILES string of the molecule is CC(C)CN1CC(C(=O)Nc2ccccc2SCC(F)(F)F)CC1=O. The molecule has 138 valence electrons. The van der Waals surface area contributed by atoms with E-state index in [-0.39, 0.29) is 18.2 Å². The van der Waals surface area contributed by atoms with Gasteiger partial charge in [-0.2, -0.15) is 13.2 Å². The first-order valence-corrected chi connectivity index (χ1v) is 9.01. The van der Waals surface area contributed by atoms with Crippen LogP contribution in [-0.2, 0) is 9.59 Å². The summed E-state index contributed by atoms with van der Waals surface area (Å²) in [5.41, 5.74) is 0.344. The predicted molar refractivity (Wildman–Crippen MR) is 91.4 cm³/mol. The smallest absolute Gasteiger partial charge is 0.342 e. The van der Waals surface area contributed by atoms with E-state index in [9.17, 15) is 22.8 Å². The van der Waals surface area contributed by atoms with E-state index in [1.54, 1.807) is 23.1 Å². The van der Waals surface area contributed by atoms with Crippen LogP contribution in [0.25, 0.3) is 0 Å². The second kappa shape index (κ2) is 8.12. The van der Waals surface area contributed by atoms with Gasteiger partial charge in [-0.05, 0) is 18.1 Å². The van der Waals surface area contributed by atoms with Crippen LogP contribution in [0.2, 0.25) is 0 Å². The molecule has 2 rings (SSSR count). The lowest BCUT2D eigenvalue weighted by molar-refractivity contribution is -0.128. The quantitative estimate of drug-likeness (QED) is 0.771. The molecule has 25 heavy (non-hydrogen) atoms. The minimum atomic E-state index is -4.28. The number of likely N-dealkylation sites (tertiary alicyclic amines) is 1. The van der Waals surface area contributed by atoms with Gasteiger partial charge in [0.05, 0.1) is 17.4 Å². The van der Waals surface area contributed by atoms with Crippen molar-refractivity contribution in [1.29, 1.82) is 0 Å². The molecule has 1 unspecified atom stereocenters. The Kier molecular flexibility index (Phi) is 6.37. The summed E-state index contributed by atoms with van der Waals surface area (Å²) in [4.78, 5) is 26.4. The van der Waals surface area contributed by atoms with Crippen LogP contribution in [0.3, 0.4) is 0 Å². The summed E-state index contributed by atoms with van der Waals surface area (Å²) in [6.45, 7) is 4.94. The number of nitrogens with zero attached hydrogens (tertiary/aromatic N) is 1. The summed E-state index contributed by atoms with van der Waals surface area (Å²) in [6.07, 6.45) is -4.15. The summed E-state index contributed by atoms with van der Waals surface area (Å²) in [5.74, 6) is -1.59. The van der Waals surface area contributed by atoms with Gasteiger partial charge in [0.25, 0.3) is 0 Å². The van der Waals surface area contributed by atoms with Gasteiger partial charge in [-0.1, -0.05) is 26.0 Å². The Labute approximate surface area is 149 Å². The molecule has 1 aromatic carbocycles. The Bertz CT molecular complexity index is 635. The molecule has 1 saturated heterocycles. The van der Waals surface area contributed by atoms with Crippen LogP contribution in [0.4, 0.5) is 18.9 Å². The number of para-hydroxylation sites is 1. The molecule has 0 saturated carbocycles. The van der Waals surface area contributed by atoms with Crippen LogP contribution in [0.5, 0.6) is 0 Å². The van der Waals surface area contributed by atoms with Gasteiger partial charge in [0.1, 0.15) is 0 Å². The van der Waals surface area contributed by atoms with Gasteiger partial charge in [-0.25, -0.2) is 0 Å². The maximum atomic E-state index is 12.4. The number of carbonyl (C=O) groups is 2. The zero-order valence-corrected chi connectivity index (χ0v) is 14.9. The van der Waals surface area contributed by atoms with E-state index in [1.165, 1.54) is 6.07 Å². The summed E-state index contributed by atoms with van der Waals surface area (Å²) >= 11 is 0.631. The Morgan fingerprint density at radius 2 is 2.04 bits per heavy atom. The molecule has 1 aromatic rings. The van der Waals surface area contributed by atoms with E-state index in [0.29, 0.717) is 41.4 Å². The van der Waals surface area contributed by atoms with Crippen molar-refractivity contribution in [3.05, 3.63) is 24.3 Å². The molecular weight excluding hydrogens is 353 g/mol. The Balaban J connectivity index is 2.00. The van der Waals surface area contributed by atoms with Gasteiger partial charge < -0.3 is 10.2 Å². The molecule has 0 spiro atoms. The number of hydrogen-bond acceptors (Lipinski definition) is 3. The maximum Gasteiger partial charge on any atom is 0.398 e. The number of carbonyl (C=O) groups excluding carboxylic acids is 2. The Morgan fingerprint density at radius 3 is 2.68 bits per heavy atom. The standard InChI is InChI=1S/C17H21F3N2O2S/c1-11(2)8-22-9-12(7-15(22)23)16(24)21-13-5-3-4-6-14(13)25-10-17(18,19)20/h3-6,11-12H,7-10H2,1-2H3,(H,21,24). The molecule has 2 amide bonds. The largest absolute Gasteiger partial charge is 0.398 e. The summed E-state index contributed by atoms with van der Waals surface area (Å²) in [7, 11) is 0. The van der Waals surface area contributed by atoms with Gasteiger partial charge in [0.2, 0.25) is 11.8 Å². The zero-order chi connectivity index (χ0) is 18.6. The van der Waals surface area contributed by atoms with Crippen molar-refractivity contribution in [2.24, 2.45) is 11.8 Å². The monoisotopic (exact) mass is 374 g/mol. The number of amides is 2. The number of hydrogen-bond donors (Lipinski definition) is 1. The first-order valence-electron chi connectivity index (χ1n) is 8.03. The highest BCUT2D eigenvalue weighted by Gasteiger charge is 2.34. The third-order valence-corrected chi connectivity index (χ3v) is 4.85. The van der Waals surface area contributed by atoms with E-state index in [4.69, 9.17) is 0 Å². The van der Waals surface area contributed by atoms with E-state index in [0.717, 1.165) is 0 Å². The number of thioether (sulfide) groups is 1. The van der Waals surface area contributed by atoms with Crippen molar-refractivity contribution in [3.8, 4) is 0 Å². The van der Waals surface area contributed by atoms with Crippen molar-refractivity contribution < 1.29 is 22.8 Å². The van der Waals surface area contributed by atoms with E-state index >= 15 is 0 Å². The fraction of sp³-hybridized carbons (Fsp3) is 0.529. The average Bonchev–Trinajstić information content (AvgIpc) is 2.86. The molecule has 1 heterocycles. The predicted octanol–water partition coefficient (Wildman–Crippen LogP) is 3.78. The van der Waals surface area contributed by atoms with Crippen LogP contribution in [0, 0.1) is 11.8 Å². The molecule has 1 aliphatic heterocycles. The van der Waals surface area contributed by atoms with Crippen molar-refractivity contribution in [3.63, 3.8) is 0 Å². The zero-order valence-electron chi connectivity index (χ0n) is 14.1. The third-order valence-electron chi connectivity index (χ3n) is 3.71. The molecular formula is C17H21F3N2O2S. The van der Waals surface area contributed by atoms with Crippen molar-refractivity contribution in [1.82, 2.24) is 4.90 Å². The minimum Gasteiger partial charge on any atom is -0.342 e. The van der Waals surface area contributed by atoms with Crippen LogP contribution in [0.15, 0.2) is 29.2 Å². The summed E-state index contributed by atoms with van der Waals surface area (Å²) in [5, 5.41) is 2.68. The van der Waals surface area contributed by atoms with E-state index in [1.807, 2.05) is 13.8 Å². The van der Waals surface area contributed by atoms with Crippen LogP contribution in [0.1, 0.15) is 20.3 Å². The highest BCUT2D eigenvalue weighted by molar-refractivity contribution is 7.99. The normalized spacial score (nSPS) is 18.1. The van der Waals surface area contributed by atoms with Gasteiger partial charge in [-0.15, -0.1) is 11.8 Å². The Hall–Kier alpha value is -1.70. The lowest BCUT2D eigenvalue weighted by Crippen LogP contribution is -2.31. The average molecular weight is 374 g/mol. The second-order valence-electron chi connectivity index (χ2n) is 6.48. The van der Waals surface area contributed by atoms with Crippen LogP contribution in [-0.4, -0.2) is 41.7 Å². The van der Waals surface area contributed by atoms with Crippen molar-refractivity contribution >= 4 is 29.3 Å². The van der Waals surface area contributed by atoms with Crippen LogP contribution >= 0.6 is 11.8 Å². The molecule has 0 bridgehead atoms. The first kappa shape index (κ1) is 19.6. The molecule has 0 radical (unpaired) electrons. The van der Waals surface area contributed by atoms with Gasteiger partial charge in [0.15, 0.2) is 0 Å². The minimum absolute atomic E-state index is 0.0615. The number of benzene rings is 1. The molecule has 1 aliphatic rings. The van der Waals surface area contributed by atoms with Gasteiger partial charge >= 0.3 is 6.18 Å². The number of alkyl halides is 3. The third kappa shape index (κ3) is 5.95. The second-order valence-corrected chi connectivity index (χ2v) is 7.50. The molecule has 0 aromatic heterocycles. The first-order chi connectivity index (χ1) is 11.7. The fourth-order valence-corrected chi connectivity index (χ4v) is 3.42. The highest BCUT2D eigenvalue weighted by Crippen LogP contribution is 2.32. The Morgan fingerprint density at radius 1 is 1.36 bits per heavy atom. The number of anilines is 1. The van der Waals surface area contributed by atoms with E-state index in [2.05, 4.69) is 5.32 Å². The maximum absolute atomic E-state index is 12.4. The molecule has 1 N–H and O–H groups in total. The van der Waals surface area contributed by atoms with Crippen LogP contribution < -0.4 is 5.32 Å².